The fraction of sp³-hybridized carbons (Fsp3) is 0.656. The predicted molar refractivity (Wildman–Crippen MR) is 158 cm³/mol. The maximum absolute atomic E-state index is 14.2. The zero-order valence-corrected chi connectivity index (χ0v) is 24.9. The first-order valence-electron chi connectivity index (χ1n) is 15.6. The number of halogens is 1. The SMILES string of the molecule is C[C@H]1[C@H](C)CCC[C@@H]1NC(=O)[C@@H]1N(CCCN2CCCCC2)C(=O)[C@@H]2[C@H](C(=O)Nc3ccc(Cl)cc3)[C@@H]3C=C[C@]21O3. The van der Waals surface area contributed by atoms with Gasteiger partial charge in [0.2, 0.25) is 17.7 Å². The molecule has 0 unspecified atom stereocenters. The van der Waals surface area contributed by atoms with Gasteiger partial charge in [-0.25, -0.2) is 0 Å². The van der Waals surface area contributed by atoms with Crippen LogP contribution in [-0.4, -0.2) is 77.5 Å². The number of piperidine rings is 1. The second-order valence-electron chi connectivity index (χ2n) is 12.9. The van der Waals surface area contributed by atoms with E-state index in [4.69, 9.17) is 16.3 Å². The van der Waals surface area contributed by atoms with Gasteiger partial charge in [-0.15, -0.1) is 0 Å². The van der Waals surface area contributed by atoms with Crippen LogP contribution in [0, 0.1) is 23.7 Å². The number of carbonyl (C=O) groups is 3. The average Bonchev–Trinajstić information content (AvgIpc) is 3.60. The molecule has 2 N–H and O–H groups in total. The lowest BCUT2D eigenvalue weighted by Gasteiger charge is -2.38. The first-order chi connectivity index (χ1) is 19.8. The van der Waals surface area contributed by atoms with Crippen LogP contribution in [0.2, 0.25) is 5.02 Å². The van der Waals surface area contributed by atoms with E-state index in [2.05, 4.69) is 29.4 Å². The Balaban J connectivity index is 1.24. The molecule has 4 fully saturated rings. The molecule has 1 aliphatic carbocycles. The van der Waals surface area contributed by atoms with Gasteiger partial charge in [0.25, 0.3) is 0 Å². The van der Waals surface area contributed by atoms with Gasteiger partial charge in [-0.3, -0.25) is 14.4 Å². The van der Waals surface area contributed by atoms with Crippen LogP contribution >= 0.6 is 11.6 Å². The summed E-state index contributed by atoms with van der Waals surface area (Å²) in [4.78, 5) is 46.2. The maximum atomic E-state index is 14.2. The molecule has 4 heterocycles. The van der Waals surface area contributed by atoms with Crippen LogP contribution in [0.15, 0.2) is 36.4 Å². The van der Waals surface area contributed by atoms with E-state index in [1.165, 1.54) is 25.7 Å². The molecule has 4 aliphatic heterocycles. The van der Waals surface area contributed by atoms with Crippen LogP contribution in [0.5, 0.6) is 0 Å². The number of rotatable bonds is 8. The van der Waals surface area contributed by atoms with Crippen molar-refractivity contribution in [3.63, 3.8) is 0 Å². The zero-order chi connectivity index (χ0) is 28.7. The lowest BCUT2D eigenvalue weighted by Crippen LogP contribution is -2.58. The highest BCUT2D eigenvalue weighted by molar-refractivity contribution is 6.30. The van der Waals surface area contributed by atoms with Crippen molar-refractivity contribution >= 4 is 35.0 Å². The molecule has 8 nitrogen and oxygen atoms in total. The summed E-state index contributed by atoms with van der Waals surface area (Å²) in [5.74, 6) is -1.14. The Labute approximate surface area is 248 Å². The number of likely N-dealkylation sites (tertiary alicyclic amines) is 2. The molecule has 6 rings (SSSR count). The fourth-order valence-corrected chi connectivity index (χ4v) is 8.09. The van der Waals surface area contributed by atoms with E-state index in [-0.39, 0.29) is 23.8 Å². The number of hydrogen-bond donors (Lipinski definition) is 2. The van der Waals surface area contributed by atoms with Crippen molar-refractivity contribution in [2.45, 2.75) is 82.6 Å². The van der Waals surface area contributed by atoms with Crippen LogP contribution in [0.1, 0.15) is 58.8 Å². The molecule has 9 heteroatoms. The van der Waals surface area contributed by atoms with Crippen molar-refractivity contribution in [3.05, 3.63) is 41.4 Å². The second kappa shape index (κ2) is 11.7. The number of ether oxygens (including phenoxy) is 1. The monoisotopic (exact) mass is 582 g/mol. The fourth-order valence-electron chi connectivity index (χ4n) is 7.96. The van der Waals surface area contributed by atoms with Crippen LogP contribution in [0.3, 0.4) is 0 Å². The standard InChI is InChI=1S/C32H43ClN4O4/c1-20-8-6-9-24(21(20)2)35-30(39)28-32-15-14-25(41-32)26(29(38)34-23-12-10-22(33)11-13-23)27(32)31(40)37(28)19-7-18-36-16-4-3-5-17-36/h10-15,20-21,24-28H,3-9,16-19H2,1-2H3,(H,34,38)(H,35,39)/t20-,21+,24+,25+,26-,27+,28+,32+/m1/s1. The molecular weight excluding hydrogens is 540 g/mol. The highest BCUT2D eigenvalue weighted by Gasteiger charge is 2.72. The number of fused-ring (bicyclic) bond motifs is 1. The van der Waals surface area contributed by atoms with Gasteiger partial charge in [-0.05, 0) is 81.4 Å². The van der Waals surface area contributed by atoms with Gasteiger partial charge in [0, 0.05) is 23.3 Å². The molecule has 1 saturated carbocycles. The number of hydrogen-bond acceptors (Lipinski definition) is 5. The molecule has 1 aromatic carbocycles. The van der Waals surface area contributed by atoms with E-state index in [0.29, 0.717) is 29.1 Å². The summed E-state index contributed by atoms with van der Waals surface area (Å²) in [5.41, 5.74) is -0.526. The molecule has 41 heavy (non-hydrogen) atoms. The molecule has 1 spiro atoms. The molecule has 8 atom stereocenters. The normalized spacial score (nSPS) is 36.4. The van der Waals surface area contributed by atoms with Crippen LogP contribution in [0.25, 0.3) is 0 Å². The molecule has 2 bridgehead atoms. The van der Waals surface area contributed by atoms with Gasteiger partial charge in [0.05, 0.1) is 17.9 Å². The number of amides is 3. The molecule has 3 amide bonds. The Bertz CT molecular complexity index is 1180. The number of carbonyl (C=O) groups excluding carboxylic acids is 3. The Morgan fingerprint density at radius 2 is 1.78 bits per heavy atom. The third-order valence-electron chi connectivity index (χ3n) is 10.4. The summed E-state index contributed by atoms with van der Waals surface area (Å²) >= 11 is 6.02. The first-order valence-corrected chi connectivity index (χ1v) is 15.9. The van der Waals surface area contributed by atoms with Gasteiger partial charge in [0.15, 0.2) is 0 Å². The minimum absolute atomic E-state index is 0.0681. The van der Waals surface area contributed by atoms with Crippen molar-refractivity contribution in [2.24, 2.45) is 23.7 Å². The third kappa shape index (κ3) is 5.32. The van der Waals surface area contributed by atoms with Crippen LogP contribution in [-0.2, 0) is 19.1 Å². The number of benzene rings is 1. The Morgan fingerprint density at radius 3 is 2.54 bits per heavy atom. The minimum atomic E-state index is -1.14. The smallest absolute Gasteiger partial charge is 0.246 e. The zero-order valence-electron chi connectivity index (χ0n) is 24.2. The Kier molecular flexibility index (Phi) is 8.18. The molecular formula is C32H43ClN4O4. The van der Waals surface area contributed by atoms with E-state index in [9.17, 15) is 14.4 Å². The van der Waals surface area contributed by atoms with E-state index >= 15 is 0 Å². The van der Waals surface area contributed by atoms with Crippen LogP contribution in [0.4, 0.5) is 5.69 Å². The van der Waals surface area contributed by atoms with E-state index in [1.807, 2.05) is 12.2 Å². The summed E-state index contributed by atoms with van der Waals surface area (Å²) in [5, 5.41) is 6.88. The van der Waals surface area contributed by atoms with Gasteiger partial charge in [-0.1, -0.05) is 56.9 Å². The predicted octanol–water partition coefficient (Wildman–Crippen LogP) is 4.25. The van der Waals surface area contributed by atoms with E-state index in [1.54, 1.807) is 29.2 Å². The quantitative estimate of drug-likeness (QED) is 0.447. The number of anilines is 1. The molecule has 222 valence electrons. The average molecular weight is 583 g/mol. The summed E-state index contributed by atoms with van der Waals surface area (Å²) in [7, 11) is 0. The largest absolute Gasteiger partial charge is 0.359 e. The summed E-state index contributed by atoms with van der Waals surface area (Å²) in [6.07, 6.45) is 10.9. The van der Waals surface area contributed by atoms with E-state index < -0.39 is 29.6 Å². The van der Waals surface area contributed by atoms with Crippen molar-refractivity contribution in [3.8, 4) is 0 Å². The summed E-state index contributed by atoms with van der Waals surface area (Å²) < 4.78 is 6.52. The lowest BCUT2D eigenvalue weighted by molar-refractivity contribution is -0.141. The van der Waals surface area contributed by atoms with Crippen molar-refractivity contribution in [2.75, 3.05) is 31.5 Å². The van der Waals surface area contributed by atoms with Gasteiger partial charge in [-0.2, -0.15) is 0 Å². The molecule has 0 aromatic heterocycles. The van der Waals surface area contributed by atoms with Crippen molar-refractivity contribution in [1.82, 2.24) is 15.1 Å². The number of nitrogens with zero attached hydrogens (tertiary/aromatic N) is 2. The molecule has 1 aromatic rings. The van der Waals surface area contributed by atoms with Gasteiger partial charge in [0.1, 0.15) is 11.6 Å². The van der Waals surface area contributed by atoms with Crippen LogP contribution < -0.4 is 10.6 Å². The lowest BCUT2D eigenvalue weighted by atomic mass is 9.73. The second-order valence-corrected chi connectivity index (χ2v) is 13.3. The molecule has 5 aliphatic rings. The van der Waals surface area contributed by atoms with Crippen molar-refractivity contribution in [1.29, 1.82) is 0 Å². The highest BCUT2D eigenvalue weighted by atomic mass is 35.5. The maximum Gasteiger partial charge on any atom is 0.246 e. The third-order valence-corrected chi connectivity index (χ3v) is 10.6. The number of nitrogens with one attached hydrogen (secondary N) is 2. The molecule has 3 saturated heterocycles. The highest BCUT2D eigenvalue weighted by Crippen LogP contribution is 2.55. The van der Waals surface area contributed by atoms with E-state index in [0.717, 1.165) is 38.9 Å². The first kappa shape index (κ1) is 28.7. The Morgan fingerprint density at radius 1 is 1.02 bits per heavy atom. The topological polar surface area (TPSA) is 91.0 Å². The Hall–Kier alpha value is -2.42. The summed E-state index contributed by atoms with van der Waals surface area (Å²) in [6, 6.07) is 6.19. The summed E-state index contributed by atoms with van der Waals surface area (Å²) in [6.45, 7) is 7.99. The molecule has 0 radical (unpaired) electrons. The van der Waals surface area contributed by atoms with Gasteiger partial charge >= 0.3 is 0 Å². The minimum Gasteiger partial charge on any atom is -0.359 e. The van der Waals surface area contributed by atoms with Gasteiger partial charge < -0.3 is 25.2 Å². The van der Waals surface area contributed by atoms with Crippen molar-refractivity contribution < 1.29 is 19.1 Å².